The van der Waals surface area contributed by atoms with Gasteiger partial charge < -0.3 is 9.73 Å². The van der Waals surface area contributed by atoms with Gasteiger partial charge in [-0.15, -0.1) is 0 Å². The number of halogens is 2. The standard InChI is InChI=1S/C19H13ClIN3O2S/c20-13-3-1-12(2-4-13)16-8-6-15(26-16)7-10-18(25)24-19(27)23-17-9-5-14(21)11-22-17/h1-11H,(H2,22,23,24,25,27). The number of aromatic nitrogens is 1. The maximum absolute atomic E-state index is 12.0. The van der Waals surface area contributed by atoms with E-state index in [0.717, 1.165) is 9.13 Å². The molecule has 0 unspecified atom stereocenters. The van der Waals surface area contributed by atoms with Gasteiger partial charge in [0, 0.05) is 26.4 Å². The zero-order valence-electron chi connectivity index (χ0n) is 13.8. The number of thiocarbonyl (C=S) groups is 1. The second-order valence-electron chi connectivity index (χ2n) is 5.35. The average Bonchev–Trinajstić information content (AvgIpc) is 3.11. The summed E-state index contributed by atoms with van der Waals surface area (Å²) >= 11 is 13.1. The second-order valence-corrected chi connectivity index (χ2v) is 7.44. The summed E-state index contributed by atoms with van der Waals surface area (Å²) in [6.07, 6.45) is 4.61. The van der Waals surface area contributed by atoms with E-state index in [0.29, 0.717) is 22.4 Å². The first kappa shape index (κ1) is 19.5. The molecule has 2 heterocycles. The molecule has 3 rings (SSSR count). The number of carbonyl (C=O) groups excluding carboxylic acids is 1. The number of hydrogen-bond donors (Lipinski definition) is 2. The third kappa shape index (κ3) is 5.88. The molecule has 3 aromatic rings. The molecule has 136 valence electrons. The molecule has 2 N–H and O–H groups in total. The number of anilines is 1. The topological polar surface area (TPSA) is 67.2 Å². The highest BCUT2D eigenvalue weighted by Gasteiger charge is 2.05. The average molecular weight is 510 g/mol. The van der Waals surface area contributed by atoms with Crippen molar-refractivity contribution in [1.82, 2.24) is 10.3 Å². The van der Waals surface area contributed by atoms with Crippen LogP contribution in [-0.4, -0.2) is 16.0 Å². The lowest BCUT2D eigenvalue weighted by Crippen LogP contribution is -2.33. The summed E-state index contributed by atoms with van der Waals surface area (Å²) in [5, 5.41) is 6.23. The first-order valence-corrected chi connectivity index (χ1v) is 9.63. The van der Waals surface area contributed by atoms with Crippen LogP contribution in [-0.2, 0) is 4.79 Å². The highest BCUT2D eigenvalue weighted by molar-refractivity contribution is 14.1. The Kier molecular flexibility index (Phi) is 6.59. The highest BCUT2D eigenvalue weighted by atomic mass is 127. The summed E-state index contributed by atoms with van der Waals surface area (Å²) in [6.45, 7) is 0. The van der Waals surface area contributed by atoms with Crippen molar-refractivity contribution in [2.24, 2.45) is 0 Å². The number of nitrogens with one attached hydrogen (secondary N) is 2. The van der Waals surface area contributed by atoms with Gasteiger partial charge in [-0.3, -0.25) is 10.1 Å². The minimum Gasteiger partial charge on any atom is -0.457 e. The predicted molar refractivity (Wildman–Crippen MR) is 120 cm³/mol. The number of furan rings is 1. The van der Waals surface area contributed by atoms with Crippen LogP contribution in [0.3, 0.4) is 0 Å². The van der Waals surface area contributed by atoms with Crippen LogP contribution in [0.25, 0.3) is 17.4 Å². The van der Waals surface area contributed by atoms with Crippen LogP contribution in [0.15, 0.2) is 65.2 Å². The number of amides is 1. The fourth-order valence-corrected chi connectivity index (χ4v) is 2.77. The SMILES string of the molecule is O=C(C=Cc1ccc(-c2ccc(Cl)cc2)o1)NC(=S)Nc1ccc(I)cn1. The van der Waals surface area contributed by atoms with E-state index in [9.17, 15) is 4.79 Å². The molecule has 1 amide bonds. The van der Waals surface area contributed by atoms with Gasteiger partial charge in [0.2, 0.25) is 5.91 Å². The zero-order valence-corrected chi connectivity index (χ0v) is 17.5. The van der Waals surface area contributed by atoms with E-state index in [2.05, 4.69) is 38.2 Å². The predicted octanol–water partition coefficient (Wildman–Crippen LogP) is 5.13. The molecule has 0 atom stereocenters. The van der Waals surface area contributed by atoms with E-state index < -0.39 is 0 Å². The molecule has 8 heteroatoms. The second kappa shape index (κ2) is 9.12. The van der Waals surface area contributed by atoms with Crippen molar-refractivity contribution in [3.05, 3.63) is 75.2 Å². The van der Waals surface area contributed by atoms with E-state index in [4.69, 9.17) is 28.2 Å². The van der Waals surface area contributed by atoms with E-state index >= 15 is 0 Å². The minimum absolute atomic E-state index is 0.166. The van der Waals surface area contributed by atoms with Gasteiger partial charge in [0.25, 0.3) is 0 Å². The number of nitrogens with zero attached hydrogens (tertiary/aromatic N) is 1. The zero-order chi connectivity index (χ0) is 19.2. The molecule has 27 heavy (non-hydrogen) atoms. The largest absolute Gasteiger partial charge is 0.457 e. The van der Waals surface area contributed by atoms with Crippen LogP contribution in [0.1, 0.15) is 5.76 Å². The van der Waals surface area contributed by atoms with Gasteiger partial charge in [0.15, 0.2) is 5.11 Å². The molecule has 0 aliphatic rings. The summed E-state index contributed by atoms with van der Waals surface area (Å²) < 4.78 is 6.71. The normalized spacial score (nSPS) is 10.7. The van der Waals surface area contributed by atoms with E-state index in [1.165, 1.54) is 6.08 Å². The monoisotopic (exact) mass is 509 g/mol. The lowest BCUT2D eigenvalue weighted by atomic mass is 10.2. The number of hydrogen-bond acceptors (Lipinski definition) is 4. The molecule has 0 radical (unpaired) electrons. The van der Waals surface area contributed by atoms with E-state index in [1.54, 1.807) is 36.5 Å². The Morgan fingerprint density at radius 2 is 1.93 bits per heavy atom. The third-order valence-electron chi connectivity index (χ3n) is 3.36. The maximum atomic E-state index is 12.0. The highest BCUT2D eigenvalue weighted by Crippen LogP contribution is 2.24. The van der Waals surface area contributed by atoms with Crippen molar-refractivity contribution in [3.63, 3.8) is 0 Å². The molecule has 0 spiro atoms. The molecule has 0 aliphatic carbocycles. The van der Waals surface area contributed by atoms with Gasteiger partial charge in [-0.25, -0.2) is 4.98 Å². The number of benzene rings is 1. The van der Waals surface area contributed by atoms with E-state index in [1.807, 2.05) is 24.3 Å². The van der Waals surface area contributed by atoms with Crippen molar-refractivity contribution >= 4 is 69.3 Å². The molecular weight excluding hydrogens is 497 g/mol. The lowest BCUT2D eigenvalue weighted by Gasteiger charge is -2.06. The Bertz CT molecular complexity index is 985. The smallest absolute Gasteiger partial charge is 0.250 e. The molecule has 2 aromatic heterocycles. The van der Waals surface area contributed by atoms with Crippen LogP contribution >= 0.6 is 46.4 Å². The summed E-state index contributed by atoms with van der Waals surface area (Å²) in [4.78, 5) is 16.1. The lowest BCUT2D eigenvalue weighted by molar-refractivity contribution is -0.115. The Morgan fingerprint density at radius 3 is 2.63 bits per heavy atom. The summed E-state index contributed by atoms with van der Waals surface area (Å²) in [5.41, 5.74) is 0.902. The Balaban J connectivity index is 1.56. The minimum atomic E-state index is -0.373. The van der Waals surface area contributed by atoms with Gasteiger partial charge >= 0.3 is 0 Å². The first-order chi connectivity index (χ1) is 13.0. The fraction of sp³-hybridized carbons (Fsp3) is 0. The quantitative estimate of drug-likeness (QED) is 0.290. The molecule has 1 aromatic carbocycles. The van der Waals surface area contributed by atoms with Gasteiger partial charge in [-0.05, 0) is 89.4 Å². The molecule has 5 nitrogen and oxygen atoms in total. The van der Waals surface area contributed by atoms with Crippen molar-refractivity contribution in [2.45, 2.75) is 0 Å². The number of rotatable bonds is 4. The maximum Gasteiger partial charge on any atom is 0.250 e. The molecule has 0 fully saturated rings. The van der Waals surface area contributed by atoms with Gasteiger partial charge in [0.05, 0.1) is 0 Å². The van der Waals surface area contributed by atoms with Gasteiger partial charge in [-0.2, -0.15) is 0 Å². The van der Waals surface area contributed by atoms with Crippen molar-refractivity contribution in [3.8, 4) is 11.3 Å². The van der Waals surface area contributed by atoms with Crippen LogP contribution in [0, 0.1) is 3.57 Å². The summed E-state index contributed by atoms with van der Waals surface area (Å²) in [5.74, 6) is 1.42. The molecule has 0 saturated heterocycles. The molecule has 0 bridgehead atoms. The number of pyridine rings is 1. The molecule has 0 saturated carbocycles. The Morgan fingerprint density at radius 1 is 1.15 bits per heavy atom. The van der Waals surface area contributed by atoms with Gasteiger partial charge in [0.1, 0.15) is 17.3 Å². The van der Waals surface area contributed by atoms with Crippen LogP contribution < -0.4 is 10.6 Å². The van der Waals surface area contributed by atoms with E-state index in [-0.39, 0.29) is 11.0 Å². The Labute approximate surface area is 180 Å². The van der Waals surface area contributed by atoms with Crippen LogP contribution in [0.5, 0.6) is 0 Å². The van der Waals surface area contributed by atoms with Gasteiger partial charge in [-0.1, -0.05) is 11.6 Å². The molecular formula is C19H13ClIN3O2S. The van der Waals surface area contributed by atoms with Crippen LogP contribution in [0.2, 0.25) is 5.02 Å². The van der Waals surface area contributed by atoms with Crippen molar-refractivity contribution < 1.29 is 9.21 Å². The Hall–Kier alpha value is -2.23. The fourth-order valence-electron chi connectivity index (χ4n) is 2.12. The third-order valence-corrected chi connectivity index (χ3v) is 4.45. The van der Waals surface area contributed by atoms with Crippen molar-refractivity contribution in [1.29, 1.82) is 0 Å². The number of carbonyl (C=O) groups is 1. The van der Waals surface area contributed by atoms with Crippen LogP contribution in [0.4, 0.5) is 5.82 Å². The first-order valence-electron chi connectivity index (χ1n) is 7.77. The molecule has 0 aliphatic heterocycles. The summed E-state index contributed by atoms with van der Waals surface area (Å²) in [6, 6.07) is 14.6. The van der Waals surface area contributed by atoms with Crippen molar-refractivity contribution in [2.75, 3.05) is 5.32 Å². The summed E-state index contributed by atoms with van der Waals surface area (Å²) in [7, 11) is 0.